The van der Waals surface area contributed by atoms with Crippen molar-refractivity contribution in [2.45, 2.75) is 26.7 Å². The van der Waals surface area contributed by atoms with Crippen molar-refractivity contribution in [3.63, 3.8) is 0 Å². The summed E-state index contributed by atoms with van der Waals surface area (Å²) in [7, 11) is 0. The number of rotatable bonds is 4. The molecule has 1 heterocycles. The van der Waals surface area contributed by atoms with Crippen molar-refractivity contribution in [3.8, 4) is 0 Å². The van der Waals surface area contributed by atoms with Crippen LogP contribution in [-0.2, 0) is 6.42 Å². The van der Waals surface area contributed by atoms with Crippen molar-refractivity contribution in [2.75, 3.05) is 11.9 Å². The highest BCUT2D eigenvalue weighted by atomic mass is 32.1. The number of hydrogen-bond donors (Lipinski definition) is 2. The summed E-state index contributed by atoms with van der Waals surface area (Å²) in [6.45, 7) is 4.67. The molecule has 0 unspecified atom stereocenters. The summed E-state index contributed by atoms with van der Waals surface area (Å²) in [5.41, 5.74) is 0. The lowest BCUT2D eigenvalue weighted by atomic mass is 10.5. The molecule has 0 aliphatic carbocycles. The van der Waals surface area contributed by atoms with E-state index in [-0.39, 0.29) is 6.03 Å². The number of hydrogen-bond acceptors (Lipinski definition) is 4. The Hall–Kier alpha value is -1.17. The summed E-state index contributed by atoms with van der Waals surface area (Å²) in [6.07, 6.45) is 1.76. The summed E-state index contributed by atoms with van der Waals surface area (Å²) < 4.78 is 0. The van der Waals surface area contributed by atoms with E-state index in [2.05, 4.69) is 20.8 Å². The van der Waals surface area contributed by atoms with Crippen LogP contribution in [0.25, 0.3) is 0 Å². The zero-order valence-corrected chi connectivity index (χ0v) is 9.15. The molecule has 0 saturated carbocycles. The standard InChI is InChI=1S/C8H14N4OS/c1-3-5-9-7(13)10-8-12-11-6(4-2)14-8/h3-5H2,1-2H3,(H2,9,10,12,13). The first-order valence-corrected chi connectivity index (χ1v) is 5.45. The first-order chi connectivity index (χ1) is 6.76. The molecule has 2 amide bonds. The van der Waals surface area contributed by atoms with Gasteiger partial charge in [0.1, 0.15) is 5.01 Å². The van der Waals surface area contributed by atoms with Gasteiger partial charge in [0.15, 0.2) is 0 Å². The predicted molar refractivity (Wildman–Crippen MR) is 56.6 cm³/mol. The molecule has 0 fully saturated rings. The van der Waals surface area contributed by atoms with Gasteiger partial charge in [-0.25, -0.2) is 4.79 Å². The SMILES string of the molecule is CCCNC(=O)Nc1nnc(CC)s1. The number of nitrogens with zero attached hydrogens (tertiary/aromatic N) is 2. The van der Waals surface area contributed by atoms with Gasteiger partial charge >= 0.3 is 6.03 Å². The van der Waals surface area contributed by atoms with E-state index in [1.165, 1.54) is 11.3 Å². The largest absolute Gasteiger partial charge is 0.338 e. The Morgan fingerprint density at radius 3 is 2.79 bits per heavy atom. The molecule has 0 spiro atoms. The van der Waals surface area contributed by atoms with Gasteiger partial charge in [0.25, 0.3) is 0 Å². The second-order valence-corrected chi connectivity index (χ2v) is 3.80. The number of aryl methyl sites for hydroxylation is 1. The van der Waals surface area contributed by atoms with Gasteiger partial charge in [-0.05, 0) is 12.8 Å². The van der Waals surface area contributed by atoms with Gasteiger partial charge in [-0.2, -0.15) is 0 Å². The molecule has 14 heavy (non-hydrogen) atoms. The van der Waals surface area contributed by atoms with E-state index < -0.39 is 0 Å². The van der Waals surface area contributed by atoms with Gasteiger partial charge < -0.3 is 5.32 Å². The van der Waals surface area contributed by atoms with Crippen LogP contribution in [0.5, 0.6) is 0 Å². The molecule has 5 nitrogen and oxygen atoms in total. The molecule has 78 valence electrons. The summed E-state index contributed by atoms with van der Waals surface area (Å²) >= 11 is 1.40. The van der Waals surface area contributed by atoms with E-state index in [9.17, 15) is 4.79 Å². The highest BCUT2D eigenvalue weighted by Crippen LogP contribution is 2.14. The van der Waals surface area contributed by atoms with Crippen molar-refractivity contribution in [1.29, 1.82) is 0 Å². The Labute approximate surface area is 86.9 Å². The van der Waals surface area contributed by atoms with Crippen molar-refractivity contribution < 1.29 is 4.79 Å². The number of nitrogens with one attached hydrogen (secondary N) is 2. The molecule has 0 aliphatic rings. The molecular weight excluding hydrogens is 200 g/mol. The highest BCUT2D eigenvalue weighted by Gasteiger charge is 2.05. The fourth-order valence-electron chi connectivity index (χ4n) is 0.827. The zero-order chi connectivity index (χ0) is 10.4. The molecule has 6 heteroatoms. The van der Waals surface area contributed by atoms with E-state index in [0.717, 1.165) is 17.8 Å². The average Bonchev–Trinajstić information content (AvgIpc) is 2.62. The van der Waals surface area contributed by atoms with Gasteiger partial charge in [0.2, 0.25) is 5.13 Å². The third kappa shape index (κ3) is 3.29. The second kappa shape index (κ2) is 5.54. The van der Waals surface area contributed by atoms with E-state index >= 15 is 0 Å². The number of carbonyl (C=O) groups is 1. The first kappa shape index (κ1) is 10.9. The van der Waals surface area contributed by atoms with Crippen molar-refractivity contribution in [1.82, 2.24) is 15.5 Å². The molecule has 0 radical (unpaired) electrons. The minimum Gasteiger partial charge on any atom is -0.338 e. The lowest BCUT2D eigenvalue weighted by Gasteiger charge is -2.01. The monoisotopic (exact) mass is 214 g/mol. The van der Waals surface area contributed by atoms with Crippen LogP contribution < -0.4 is 10.6 Å². The van der Waals surface area contributed by atoms with Crippen LogP contribution in [0.3, 0.4) is 0 Å². The van der Waals surface area contributed by atoms with Crippen LogP contribution >= 0.6 is 11.3 Å². The highest BCUT2D eigenvalue weighted by molar-refractivity contribution is 7.15. The predicted octanol–water partition coefficient (Wildman–Crippen LogP) is 1.63. The van der Waals surface area contributed by atoms with Gasteiger partial charge in [-0.3, -0.25) is 5.32 Å². The molecule has 0 aromatic carbocycles. The van der Waals surface area contributed by atoms with Crippen LogP contribution in [0.15, 0.2) is 0 Å². The fourth-order valence-corrected chi connectivity index (χ4v) is 1.50. The number of urea groups is 1. The molecule has 0 saturated heterocycles. The minimum absolute atomic E-state index is 0.217. The molecule has 0 atom stereocenters. The maximum atomic E-state index is 11.2. The molecule has 1 rings (SSSR count). The van der Waals surface area contributed by atoms with Gasteiger partial charge in [-0.15, -0.1) is 10.2 Å². The van der Waals surface area contributed by atoms with Crippen LogP contribution in [0.1, 0.15) is 25.3 Å². The second-order valence-electron chi connectivity index (χ2n) is 2.74. The van der Waals surface area contributed by atoms with Gasteiger partial charge in [0.05, 0.1) is 0 Å². The normalized spacial score (nSPS) is 9.86. The van der Waals surface area contributed by atoms with Crippen LogP contribution in [0.2, 0.25) is 0 Å². The number of carbonyl (C=O) groups excluding carboxylic acids is 1. The molecule has 0 aliphatic heterocycles. The van der Waals surface area contributed by atoms with E-state index in [1.807, 2.05) is 13.8 Å². The lowest BCUT2D eigenvalue weighted by Crippen LogP contribution is -2.29. The summed E-state index contributed by atoms with van der Waals surface area (Å²) in [5, 5.41) is 14.5. The Morgan fingerprint density at radius 2 is 2.21 bits per heavy atom. The molecule has 2 N–H and O–H groups in total. The van der Waals surface area contributed by atoms with E-state index in [4.69, 9.17) is 0 Å². The minimum atomic E-state index is -0.217. The van der Waals surface area contributed by atoms with Crippen molar-refractivity contribution >= 4 is 22.5 Å². The molecule has 0 bridgehead atoms. The summed E-state index contributed by atoms with van der Waals surface area (Å²) in [5.74, 6) is 0. The number of amides is 2. The maximum Gasteiger partial charge on any atom is 0.321 e. The van der Waals surface area contributed by atoms with Crippen molar-refractivity contribution in [2.24, 2.45) is 0 Å². The number of anilines is 1. The zero-order valence-electron chi connectivity index (χ0n) is 8.33. The Morgan fingerprint density at radius 1 is 1.43 bits per heavy atom. The first-order valence-electron chi connectivity index (χ1n) is 4.63. The smallest absolute Gasteiger partial charge is 0.321 e. The molecular formula is C8H14N4OS. The van der Waals surface area contributed by atoms with Crippen molar-refractivity contribution in [3.05, 3.63) is 5.01 Å². The third-order valence-corrected chi connectivity index (χ3v) is 2.51. The van der Waals surface area contributed by atoms with E-state index in [0.29, 0.717) is 11.7 Å². The third-order valence-electron chi connectivity index (χ3n) is 1.53. The topological polar surface area (TPSA) is 66.9 Å². The summed E-state index contributed by atoms with van der Waals surface area (Å²) in [4.78, 5) is 11.2. The van der Waals surface area contributed by atoms with Gasteiger partial charge in [-0.1, -0.05) is 25.2 Å². The maximum absolute atomic E-state index is 11.2. The average molecular weight is 214 g/mol. The molecule has 1 aromatic heterocycles. The fraction of sp³-hybridized carbons (Fsp3) is 0.625. The quantitative estimate of drug-likeness (QED) is 0.800. The van der Waals surface area contributed by atoms with Crippen LogP contribution in [0, 0.1) is 0 Å². The Balaban J connectivity index is 2.39. The Bertz CT molecular complexity index is 299. The van der Waals surface area contributed by atoms with E-state index in [1.54, 1.807) is 0 Å². The van der Waals surface area contributed by atoms with Crippen LogP contribution in [0.4, 0.5) is 9.93 Å². The Kier molecular flexibility index (Phi) is 4.31. The summed E-state index contributed by atoms with van der Waals surface area (Å²) in [6, 6.07) is -0.217. The number of aromatic nitrogens is 2. The van der Waals surface area contributed by atoms with Crippen LogP contribution in [-0.4, -0.2) is 22.8 Å². The van der Waals surface area contributed by atoms with Gasteiger partial charge in [0, 0.05) is 6.54 Å². The lowest BCUT2D eigenvalue weighted by molar-refractivity contribution is 0.252. The molecule has 1 aromatic rings.